The number of esters is 1. The van der Waals surface area contributed by atoms with Gasteiger partial charge in [-0.25, -0.2) is 4.79 Å². The highest BCUT2D eigenvalue weighted by molar-refractivity contribution is 14.1. The molecule has 0 aromatic heterocycles. The lowest BCUT2D eigenvalue weighted by atomic mass is 9.75. The van der Waals surface area contributed by atoms with E-state index in [1.807, 2.05) is 61.5 Å². The lowest BCUT2D eigenvalue weighted by Gasteiger charge is -2.34. The maximum atomic E-state index is 13.2. The molecule has 1 aliphatic carbocycles. The molecule has 0 saturated carbocycles. The first kappa shape index (κ1) is 19.9. The van der Waals surface area contributed by atoms with Crippen LogP contribution in [0.1, 0.15) is 43.2 Å². The first-order valence-electron chi connectivity index (χ1n) is 9.75. The van der Waals surface area contributed by atoms with E-state index in [0.717, 1.165) is 44.5 Å². The van der Waals surface area contributed by atoms with Gasteiger partial charge in [0.15, 0.2) is 5.78 Å². The molecule has 5 heteroatoms. The van der Waals surface area contributed by atoms with Crippen molar-refractivity contribution in [1.82, 2.24) is 5.32 Å². The molecule has 0 saturated heterocycles. The smallest absolute Gasteiger partial charge is 0.337 e. The number of nitrogens with one attached hydrogen (secondary N) is 1. The highest BCUT2D eigenvalue weighted by Crippen LogP contribution is 2.43. The number of rotatable bonds is 4. The number of Topliss-reactive ketones (excluding diaryl/α,β-unsaturated/α-hetero) is 1. The zero-order chi connectivity index (χ0) is 20.4. The van der Waals surface area contributed by atoms with Crippen molar-refractivity contribution in [2.24, 2.45) is 0 Å². The van der Waals surface area contributed by atoms with E-state index in [0.29, 0.717) is 12.0 Å². The van der Waals surface area contributed by atoms with Crippen LogP contribution in [0.25, 0.3) is 0 Å². The maximum Gasteiger partial charge on any atom is 0.337 e. The van der Waals surface area contributed by atoms with Crippen molar-refractivity contribution in [3.63, 3.8) is 0 Å². The second-order valence-corrected chi connectivity index (χ2v) is 8.51. The predicted molar refractivity (Wildman–Crippen MR) is 120 cm³/mol. The topological polar surface area (TPSA) is 55.4 Å². The fraction of sp³-hybridized carbons (Fsp3) is 0.250. The second kappa shape index (κ2) is 8.53. The number of dihydropyridines is 1. The van der Waals surface area contributed by atoms with Crippen molar-refractivity contribution in [3.05, 3.63) is 91.8 Å². The molecule has 0 unspecified atom stereocenters. The molecule has 2 aromatic carbocycles. The van der Waals surface area contributed by atoms with Gasteiger partial charge in [0, 0.05) is 32.9 Å². The first-order valence-corrected chi connectivity index (χ1v) is 10.8. The second-order valence-electron chi connectivity index (χ2n) is 7.35. The summed E-state index contributed by atoms with van der Waals surface area (Å²) < 4.78 is 6.70. The summed E-state index contributed by atoms with van der Waals surface area (Å²) >= 11 is 2.28. The van der Waals surface area contributed by atoms with E-state index in [-0.39, 0.29) is 18.4 Å². The molecule has 1 atom stereocenters. The lowest BCUT2D eigenvalue weighted by Crippen LogP contribution is -2.34. The predicted octanol–water partition coefficient (Wildman–Crippen LogP) is 5.00. The zero-order valence-electron chi connectivity index (χ0n) is 16.2. The lowest BCUT2D eigenvalue weighted by molar-refractivity contribution is -0.140. The van der Waals surface area contributed by atoms with E-state index in [2.05, 4.69) is 27.9 Å². The normalized spacial score (nSPS) is 19.0. The Hall–Kier alpha value is -2.41. The molecular formula is C24H22INO3. The van der Waals surface area contributed by atoms with Crippen LogP contribution in [0.2, 0.25) is 0 Å². The van der Waals surface area contributed by atoms with Gasteiger partial charge in [0.1, 0.15) is 6.61 Å². The van der Waals surface area contributed by atoms with E-state index in [1.54, 1.807) is 0 Å². The van der Waals surface area contributed by atoms with Crippen molar-refractivity contribution in [2.45, 2.75) is 38.7 Å². The van der Waals surface area contributed by atoms with Crippen LogP contribution in [0, 0.1) is 3.57 Å². The van der Waals surface area contributed by atoms with E-state index in [4.69, 9.17) is 4.74 Å². The summed E-state index contributed by atoms with van der Waals surface area (Å²) in [5, 5.41) is 3.33. The van der Waals surface area contributed by atoms with Gasteiger partial charge in [0.2, 0.25) is 0 Å². The van der Waals surface area contributed by atoms with Crippen LogP contribution in [-0.2, 0) is 20.9 Å². The number of halogens is 1. The Morgan fingerprint density at radius 1 is 1.10 bits per heavy atom. The minimum Gasteiger partial charge on any atom is -0.457 e. The summed E-state index contributed by atoms with van der Waals surface area (Å²) in [5.74, 6) is -0.659. The Morgan fingerprint density at radius 3 is 2.59 bits per heavy atom. The number of benzene rings is 2. The number of carbonyl (C=O) groups excluding carboxylic acids is 2. The van der Waals surface area contributed by atoms with Gasteiger partial charge >= 0.3 is 5.97 Å². The Bertz CT molecular complexity index is 1020. The number of hydrogen-bond donors (Lipinski definition) is 1. The monoisotopic (exact) mass is 499 g/mol. The number of hydrogen-bond acceptors (Lipinski definition) is 4. The highest BCUT2D eigenvalue weighted by Gasteiger charge is 2.39. The number of ether oxygens (including phenoxy) is 1. The van der Waals surface area contributed by atoms with E-state index in [1.165, 1.54) is 0 Å². The Labute approximate surface area is 184 Å². The van der Waals surface area contributed by atoms with Crippen LogP contribution >= 0.6 is 22.6 Å². The molecule has 1 N–H and O–H groups in total. The summed E-state index contributed by atoms with van der Waals surface area (Å²) in [6.07, 6.45) is 2.18. The Balaban J connectivity index is 1.73. The van der Waals surface area contributed by atoms with Crippen LogP contribution in [-0.4, -0.2) is 11.8 Å². The van der Waals surface area contributed by atoms with Crippen LogP contribution in [0.4, 0.5) is 0 Å². The third kappa shape index (κ3) is 4.01. The van der Waals surface area contributed by atoms with E-state index < -0.39 is 5.92 Å². The van der Waals surface area contributed by atoms with Gasteiger partial charge in [-0.15, -0.1) is 0 Å². The number of allylic oxidation sites excluding steroid dienone is 3. The number of carbonyl (C=O) groups is 2. The first-order chi connectivity index (χ1) is 14.1. The van der Waals surface area contributed by atoms with Gasteiger partial charge in [-0.3, -0.25) is 4.79 Å². The van der Waals surface area contributed by atoms with E-state index >= 15 is 0 Å². The summed E-state index contributed by atoms with van der Waals surface area (Å²) in [7, 11) is 0. The summed E-state index contributed by atoms with van der Waals surface area (Å²) in [5.41, 5.74) is 4.87. The standard InChI is InChI=1S/C24H22INO3/c1-15-21(24(28)29-14-16-8-3-2-4-9-16)22(17-10-5-6-11-18(17)25)23-19(26-15)12-7-13-20(23)27/h2-6,8-11,22,26H,7,12-14H2,1H3/t22-/m1/s1. The minimum atomic E-state index is -0.393. The van der Waals surface area contributed by atoms with Gasteiger partial charge in [0.25, 0.3) is 0 Å². The SMILES string of the molecule is CC1=C(C(=O)OCc2ccccc2)[C@@H](c2ccccc2I)C2=C(CCCC2=O)N1. The van der Waals surface area contributed by atoms with Gasteiger partial charge in [-0.1, -0.05) is 48.5 Å². The maximum absolute atomic E-state index is 13.2. The van der Waals surface area contributed by atoms with Crippen LogP contribution < -0.4 is 5.32 Å². The van der Waals surface area contributed by atoms with Crippen LogP contribution in [0.15, 0.2) is 77.1 Å². The van der Waals surface area contributed by atoms with Gasteiger partial charge in [-0.2, -0.15) is 0 Å². The molecule has 0 radical (unpaired) electrons. The molecule has 2 aliphatic rings. The molecule has 2 aromatic rings. The fourth-order valence-corrected chi connectivity index (χ4v) is 4.77. The zero-order valence-corrected chi connectivity index (χ0v) is 18.4. The Morgan fingerprint density at radius 2 is 1.83 bits per heavy atom. The van der Waals surface area contributed by atoms with Gasteiger partial charge < -0.3 is 10.1 Å². The van der Waals surface area contributed by atoms with Crippen molar-refractivity contribution in [1.29, 1.82) is 0 Å². The quantitative estimate of drug-likeness (QED) is 0.475. The van der Waals surface area contributed by atoms with Gasteiger partial charge in [-0.05, 0) is 59.5 Å². The molecule has 0 fully saturated rings. The average molecular weight is 499 g/mol. The minimum absolute atomic E-state index is 0.115. The molecule has 0 amide bonds. The van der Waals surface area contributed by atoms with Gasteiger partial charge in [0.05, 0.1) is 5.57 Å². The van der Waals surface area contributed by atoms with Crippen molar-refractivity contribution < 1.29 is 14.3 Å². The molecule has 4 nitrogen and oxygen atoms in total. The van der Waals surface area contributed by atoms with Crippen LogP contribution in [0.5, 0.6) is 0 Å². The molecule has 29 heavy (non-hydrogen) atoms. The third-order valence-electron chi connectivity index (χ3n) is 5.42. The number of ketones is 1. The third-order valence-corrected chi connectivity index (χ3v) is 6.41. The van der Waals surface area contributed by atoms with Crippen molar-refractivity contribution in [2.75, 3.05) is 0 Å². The largest absolute Gasteiger partial charge is 0.457 e. The van der Waals surface area contributed by atoms with Crippen LogP contribution in [0.3, 0.4) is 0 Å². The molecule has 1 aliphatic heterocycles. The Kier molecular flexibility index (Phi) is 5.85. The molecule has 0 bridgehead atoms. The molecule has 0 spiro atoms. The molecule has 148 valence electrons. The summed E-state index contributed by atoms with van der Waals surface area (Å²) in [6, 6.07) is 17.6. The summed E-state index contributed by atoms with van der Waals surface area (Å²) in [6.45, 7) is 2.10. The van der Waals surface area contributed by atoms with Crippen molar-refractivity contribution >= 4 is 34.3 Å². The molecular weight excluding hydrogens is 477 g/mol. The fourth-order valence-electron chi connectivity index (χ4n) is 4.07. The highest BCUT2D eigenvalue weighted by atomic mass is 127. The summed E-state index contributed by atoms with van der Waals surface area (Å²) in [4.78, 5) is 26.1. The van der Waals surface area contributed by atoms with E-state index in [9.17, 15) is 9.59 Å². The molecule has 1 heterocycles. The molecule has 4 rings (SSSR count). The van der Waals surface area contributed by atoms with Crippen molar-refractivity contribution in [3.8, 4) is 0 Å². The average Bonchev–Trinajstić information content (AvgIpc) is 2.72.